The van der Waals surface area contributed by atoms with Gasteiger partial charge >= 0.3 is 0 Å². The lowest BCUT2D eigenvalue weighted by molar-refractivity contribution is -0.384. The van der Waals surface area contributed by atoms with Gasteiger partial charge in [-0.3, -0.25) is 19.7 Å². The molecule has 0 bridgehead atoms. The van der Waals surface area contributed by atoms with Crippen molar-refractivity contribution >= 4 is 51.4 Å². The van der Waals surface area contributed by atoms with Crippen molar-refractivity contribution < 1.29 is 24.0 Å². The molecule has 0 saturated carbocycles. The number of morpholine rings is 1. The summed E-state index contributed by atoms with van der Waals surface area (Å²) >= 11 is 4.66. The Bertz CT molecular complexity index is 1030. The van der Waals surface area contributed by atoms with E-state index in [1.54, 1.807) is 35.2 Å². The van der Waals surface area contributed by atoms with Crippen molar-refractivity contribution in [2.45, 2.75) is 4.90 Å². The van der Waals surface area contributed by atoms with E-state index in [9.17, 15) is 19.7 Å². The van der Waals surface area contributed by atoms with Gasteiger partial charge in [-0.1, -0.05) is 0 Å². The van der Waals surface area contributed by atoms with Crippen LogP contribution in [0.3, 0.4) is 0 Å². The first kappa shape index (κ1) is 24.7. The Kier molecular flexibility index (Phi) is 9.22. The van der Waals surface area contributed by atoms with Crippen LogP contribution in [0.5, 0.6) is 5.75 Å². The normalized spacial score (nSPS) is 13.7. The van der Waals surface area contributed by atoms with Gasteiger partial charge in [0.15, 0.2) is 6.61 Å². The Hall–Kier alpha value is -2.96. The molecule has 1 N–H and O–H groups in total. The van der Waals surface area contributed by atoms with Gasteiger partial charge in [-0.25, -0.2) is 5.43 Å². The molecule has 33 heavy (non-hydrogen) atoms. The van der Waals surface area contributed by atoms with Gasteiger partial charge in [0, 0.05) is 30.1 Å². The van der Waals surface area contributed by atoms with Gasteiger partial charge in [0.25, 0.3) is 11.6 Å². The minimum Gasteiger partial charge on any atom is -0.483 e. The zero-order chi connectivity index (χ0) is 23.6. The molecule has 1 aliphatic heterocycles. The molecule has 0 spiro atoms. The highest BCUT2D eigenvalue weighted by Crippen LogP contribution is 2.25. The topological polar surface area (TPSA) is 123 Å². The molecule has 174 valence electrons. The van der Waals surface area contributed by atoms with Crippen LogP contribution in [0.2, 0.25) is 0 Å². The number of carbonyl (C=O) groups excluding carboxylic acids is 2. The van der Waals surface area contributed by atoms with Crippen molar-refractivity contribution in [3.63, 3.8) is 0 Å². The molecule has 0 aliphatic carbocycles. The number of non-ortho nitro benzene ring substituents is 1. The van der Waals surface area contributed by atoms with E-state index in [0.29, 0.717) is 36.5 Å². The minimum atomic E-state index is -0.474. The van der Waals surface area contributed by atoms with E-state index in [-0.39, 0.29) is 29.9 Å². The molecule has 12 heteroatoms. The number of amides is 2. The van der Waals surface area contributed by atoms with Crippen molar-refractivity contribution in [3.05, 3.63) is 62.6 Å². The molecule has 0 atom stereocenters. The molecule has 0 unspecified atom stereocenters. The maximum Gasteiger partial charge on any atom is 0.269 e. The fraction of sp³-hybridized carbons (Fsp3) is 0.286. The standard InChI is InChI=1S/C21H21BrN4O6S/c22-18-11-15(1-6-19(18)32-13-21(28)25-7-9-31-10-8-25)12-23-24-20(27)14-33-17-4-2-16(3-5-17)26(29)30/h1-6,11-12H,7-10,13-14H2,(H,24,27)/b23-12-. The number of thioether (sulfide) groups is 1. The van der Waals surface area contributed by atoms with Crippen molar-refractivity contribution in [1.82, 2.24) is 10.3 Å². The number of carbonyl (C=O) groups is 2. The second-order valence-electron chi connectivity index (χ2n) is 6.80. The second kappa shape index (κ2) is 12.3. The van der Waals surface area contributed by atoms with Crippen LogP contribution in [0.1, 0.15) is 5.56 Å². The van der Waals surface area contributed by atoms with Crippen LogP contribution in [-0.4, -0.2) is 66.5 Å². The monoisotopic (exact) mass is 536 g/mol. The number of benzene rings is 2. The average Bonchev–Trinajstić information content (AvgIpc) is 2.83. The number of hydrogen-bond acceptors (Lipinski definition) is 8. The number of rotatable bonds is 9. The molecule has 2 amide bonds. The van der Waals surface area contributed by atoms with Gasteiger partial charge in [0.2, 0.25) is 5.91 Å². The SMILES string of the molecule is O=C(CSc1ccc([N+](=O)[O-])cc1)N/N=C\c1ccc(OCC(=O)N2CCOCC2)c(Br)c1. The predicted molar refractivity (Wildman–Crippen MR) is 127 cm³/mol. The third-order valence-electron chi connectivity index (χ3n) is 4.49. The fourth-order valence-corrected chi connectivity index (χ4v) is 3.98. The van der Waals surface area contributed by atoms with Crippen molar-refractivity contribution in [3.8, 4) is 5.75 Å². The third-order valence-corrected chi connectivity index (χ3v) is 6.12. The molecule has 1 aliphatic rings. The van der Waals surface area contributed by atoms with Crippen molar-refractivity contribution in [2.24, 2.45) is 5.10 Å². The van der Waals surface area contributed by atoms with Crippen molar-refractivity contribution in [2.75, 3.05) is 38.7 Å². The lowest BCUT2D eigenvalue weighted by Gasteiger charge is -2.26. The maximum atomic E-state index is 12.2. The number of hydrazone groups is 1. The predicted octanol–water partition coefficient (Wildman–Crippen LogP) is 2.84. The van der Waals surface area contributed by atoms with E-state index in [4.69, 9.17) is 9.47 Å². The van der Waals surface area contributed by atoms with Crippen LogP contribution >= 0.6 is 27.7 Å². The van der Waals surface area contributed by atoms with Gasteiger partial charge < -0.3 is 14.4 Å². The lowest BCUT2D eigenvalue weighted by Crippen LogP contribution is -2.43. The van der Waals surface area contributed by atoms with E-state index < -0.39 is 4.92 Å². The van der Waals surface area contributed by atoms with Gasteiger partial charge in [0.05, 0.1) is 34.6 Å². The number of halogens is 1. The minimum absolute atomic E-state index is 0.000295. The van der Waals surface area contributed by atoms with Gasteiger partial charge in [-0.05, 0) is 51.8 Å². The maximum absolute atomic E-state index is 12.2. The van der Waals surface area contributed by atoms with Crippen molar-refractivity contribution in [1.29, 1.82) is 0 Å². The zero-order valence-electron chi connectivity index (χ0n) is 17.4. The molecule has 0 aromatic heterocycles. The number of ether oxygens (including phenoxy) is 2. The zero-order valence-corrected chi connectivity index (χ0v) is 19.8. The van der Waals surface area contributed by atoms with Crippen LogP contribution in [0, 0.1) is 10.1 Å². The molecular formula is C21H21BrN4O6S. The van der Waals surface area contributed by atoms with E-state index in [0.717, 1.165) is 10.5 Å². The average molecular weight is 537 g/mol. The number of nitrogens with one attached hydrogen (secondary N) is 1. The molecule has 3 rings (SSSR count). The summed E-state index contributed by atoms with van der Waals surface area (Å²) in [7, 11) is 0. The van der Waals surface area contributed by atoms with Crippen LogP contribution in [0.15, 0.2) is 56.9 Å². The summed E-state index contributed by atoms with van der Waals surface area (Å²) in [6.45, 7) is 2.15. The Morgan fingerprint density at radius 3 is 2.64 bits per heavy atom. The number of nitrogens with zero attached hydrogens (tertiary/aromatic N) is 3. The first-order valence-corrected chi connectivity index (χ1v) is 11.7. The quantitative estimate of drug-likeness (QED) is 0.226. The highest BCUT2D eigenvalue weighted by molar-refractivity contribution is 9.10. The number of nitro benzene ring substituents is 1. The van der Waals surface area contributed by atoms with Crippen LogP contribution < -0.4 is 10.2 Å². The molecule has 2 aromatic carbocycles. The van der Waals surface area contributed by atoms with Gasteiger partial charge in [0.1, 0.15) is 5.75 Å². The Morgan fingerprint density at radius 2 is 1.97 bits per heavy atom. The van der Waals surface area contributed by atoms with E-state index >= 15 is 0 Å². The summed E-state index contributed by atoms with van der Waals surface area (Å²) in [4.78, 5) is 36.8. The summed E-state index contributed by atoms with van der Waals surface area (Å²) in [5, 5.41) is 14.6. The molecule has 2 aromatic rings. The molecule has 10 nitrogen and oxygen atoms in total. The van der Waals surface area contributed by atoms with E-state index in [1.807, 2.05) is 0 Å². The molecule has 1 fully saturated rings. The van der Waals surface area contributed by atoms with Gasteiger partial charge in [-0.15, -0.1) is 11.8 Å². The Labute approximate surface area is 202 Å². The second-order valence-corrected chi connectivity index (χ2v) is 8.71. The summed E-state index contributed by atoms with van der Waals surface area (Å²) in [5.74, 6) is 0.237. The Morgan fingerprint density at radius 1 is 1.24 bits per heavy atom. The Balaban J connectivity index is 1.42. The molecule has 0 radical (unpaired) electrons. The largest absolute Gasteiger partial charge is 0.483 e. The summed E-state index contributed by atoms with van der Waals surface area (Å²) < 4.78 is 11.5. The number of nitro groups is 1. The summed E-state index contributed by atoms with van der Waals surface area (Å²) in [6.07, 6.45) is 1.49. The first-order chi connectivity index (χ1) is 15.9. The summed E-state index contributed by atoms with van der Waals surface area (Å²) in [6, 6.07) is 11.2. The lowest BCUT2D eigenvalue weighted by atomic mass is 10.2. The van der Waals surface area contributed by atoms with Crippen LogP contribution in [0.4, 0.5) is 5.69 Å². The first-order valence-electron chi connectivity index (χ1n) is 9.89. The van der Waals surface area contributed by atoms with Crippen LogP contribution in [0.25, 0.3) is 0 Å². The molecule has 1 saturated heterocycles. The summed E-state index contributed by atoms with van der Waals surface area (Å²) in [5.41, 5.74) is 3.16. The highest BCUT2D eigenvalue weighted by atomic mass is 79.9. The van der Waals surface area contributed by atoms with Crippen LogP contribution in [-0.2, 0) is 14.3 Å². The van der Waals surface area contributed by atoms with E-state index in [2.05, 4.69) is 26.5 Å². The van der Waals surface area contributed by atoms with Gasteiger partial charge in [-0.2, -0.15) is 5.10 Å². The fourth-order valence-electron chi connectivity index (χ4n) is 2.78. The molecular weight excluding hydrogens is 516 g/mol. The number of hydrogen-bond donors (Lipinski definition) is 1. The highest BCUT2D eigenvalue weighted by Gasteiger charge is 2.17. The molecule has 1 heterocycles. The van der Waals surface area contributed by atoms with E-state index in [1.165, 1.54) is 30.1 Å². The third kappa shape index (κ3) is 7.84. The smallest absolute Gasteiger partial charge is 0.269 e.